The van der Waals surface area contributed by atoms with E-state index in [-0.39, 0.29) is 12.5 Å². The van der Waals surface area contributed by atoms with Crippen molar-refractivity contribution in [3.8, 4) is 0 Å². The Morgan fingerprint density at radius 3 is 2.94 bits per heavy atom. The molecule has 3 N–H and O–H groups in total. The standard InChI is InChI=1S/C13H17ClN2O2/c1-9(17)16-7-3-6-13(18,8-15)10-4-2-5-11(14)12(10)16/h2,4-5,18H,3,6-8,15H2,1H3. The molecule has 1 aromatic carbocycles. The van der Waals surface area contributed by atoms with Gasteiger partial charge in [0.05, 0.1) is 10.7 Å². The number of para-hydroxylation sites is 1. The Kier molecular flexibility index (Phi) is 3.61. The minimum absolute atomic E-state index is 0.0781. The first-order valence-corrected chi connectivity index (χ1v) is 6.37. The van der Waals surface area contributed by atoms with Gasteiger partial charge >= 0.3 is 0 Å². The van der Waals surface area contributed by atoms with Gasteiger partial charge in [-0.15, -0.1) is 0 Å². The number of nitrogens with two attached hydrogens (primary N) is 1. The summed E-state index contributed by atoms with van der Waals surface area (Å²) in [5, 5.41) is 11.1. The van der Waals surface area contributed by atoms with Crippen molar-refractivity contribution < 1.29 is 9.90 Å². The fraction of sp³-hybridized carbons (Fsp3) is 0.462. The van der Waals surface area contributed by atoms with Crippen molar-refractivity contribution in [2.45, 2.75) is 25.4 Å². The molecule has 0 spiro atoms. The van der Waals surface area contributed by atoms with Crippen molar-refractivity contribution in [2.75, 3.05) is 18.0 Å². The predicted octanol–water partition coefficient (Wildman–Crippen LogP) is 1.63. The van der Waals surface area contributed by atoms with E-state index in [1.165, 1.54) is 6.92 Å². The Morgan fingerprint density at radius 2 is 2.33 bits per heavy atom. The van der Waals surface area contributed by atoms with E-state index in [0.717, 1.165) is 0 Å². The summed E-state index contributed by atoms with van der Waals surface area (Å²) < 4.78 is 0. The third-order valence-electron chi connectivity index (χ3n) is 3.45. The second-order valence-corrected chi connectivity index (χ2v) is 5.05. The number of carbonyl (C=O) groups excluding carboxylic acids is 1. The van der Waals surface area contributed by atoms with Gasteiger partial charge in [-0.2, -0.15) is 0 Å². The van der Waals surface area contributed by atoms with Gasteiger partial charge in [-0.3, -0.25) is 4.79 Å². The van der Waals surface area contributed by atoms with Crippen LogP contribution in [0.2, 0.25) is 5.02 Å². The van der Waals surface area contributed by atoms with Gasteiger partial charge in [-0.05, 0) is 18.9 Å². The highest BCUT2D eigenvalue weighted by molar-refractivity contribution is 6.34. The Bertz CT molecular complexity index is 478. The third-order valence-corrected chi connectivity index (χ3v) is 3.75. The molecule has 98 valence electrons. The molecular formula is C13H17ClN2O2. The average Bonchev–Trinajstić information content (AvgIpc) is 2.49. The Balaban J connectivity index is 2.65. The van der Waals surface area contributed by atoms with Gasteiger partial charge in [0, 0.05) is 25.6 Å². The zero-order valence-corrected chi connectivity index (χ0v) is 11.1. The van der Waals surface area contributed by atoms with Crippen molar-refractivity contribution in [1.29, 1.82) is 0 Å². The number of amides is 1. The van der Waals surface area contributed by atoms with Crippen LogP contribution in [0, 0.1) is 0 Å². The first-order chi connectivity index (χ1) is 8.49. The molecule has 5 heteroatoms. The maximum atomic E-state index is 11.7. The van der Waals surface area contributed by atoms with Crippen molar-refractivity contribution in [2.24, 2.45) is 5.73 Å². The fourth-order valence-corrected chi connectivity index (χ4v) is 2.74. The molecule has 1 unspecified atom stereocenters. The lowest BCUT2D eigenvalue weighted by atomic mass is 9.89. The third kappa shape index (κ3) is 2.11. The van der Waals surface area contributed by atoms with Crippen LogP contribution < -0.4 is 10.6 Å². The summed E-state index contributed by atoms with van der Waals surface area (Å²) in [7, 11) is 0. The molecule has 1 aliphatic heterocycles. The van der Waals surface area contributed by atoms with Crippen LogP contribution in [0.15, 0.2) is 18.2 Å². The van der Waals surface area contributed by atoms with Crippen molar-refractivity contribution in [3.63, 3.8) is 0 Å². The van der Waals surface area contributed by atoms with E-state index < -0.39 is 5.60 Å². The number of benzene rings is 1. The Labute approximate surface area is 111 Å². The highest BCUT2D eigenvalue weighted by Gasteiger charge is 2.35. The van der Waals surface area contributed by atoms with Crippen molar-refractivity contribution >= 4 is 23.2 Å². The molecule has 0 fully saturated rings. The topological polar surface area (TPSA) is 66.6 Å². The number of fused-ring (bicyclic) bond motifs is 1. The first kappa shape index (κ1) is 13.3. The minimum Gasteiger partial charge on any atom is -0.384 e. The van der Waals surface area contributed by atoms with E-state index in [0.29, 0.717) is 35.7 Å². The van der Waals surface area contributed by atoms with E-state index in [1.54, 1.807) is 23.1 Å². The zero-order valence-electron chi connectivity index (χ0n) is 10.3. The number of aliphatic hydroxyl groups is 1. The monoisotopic (exact) mass is 268 g/mol. The fourth-order valence-electron chi connectivity index (χ4n) is 2.47. The van der Waals surface area contributed by atoms with Gasteiger partial charge in [0.2, 0.25) is 5.91 Å². The van der Waals surface area contributed by atoms with Crippen LogP contribution in [-0.4, -0.2) is 24.1 Å². The second-order valence-electron chi connectivity index (χ2n) is 4.65. The number of carbonyl (C=O) groups is 1. The van der Waals surface area contributed by atoms with E-state index in [1.807, 2.05) is 0 Å². The Morgan fingerprint density at radius 1 is 1.61 bits per heavy atom. The second kappa shape index (κ2) is 4.88. The molecule has 1 aromatic rings. The smallest absolute Gasteiger partial charge is 0.223 e. The van der Waals surface area contributed by atoms with Crippen LogP contribution in [0.5, 0.6) is 0 Å². The molecule has 1 amide bonds. The van der Waals surface area contributed by atoms with E-state index in [9.17, 15) is 9.90 Å². The van der Waals surface area contributed by atoms with Crippen LogP contribution in [0.1, 0.15) is 25.3 Å². The predicted molar refractivity (Wildman–Crippen MR) is 71.7 cm³/mol. The summed E-state index contributed by atoms with van der Waals surface area (Å²) >= 11 is 6.19. The molecule has 1 aliphatic rings. The lowest BCUT2D eigenvalue weighted by Gasteiger charge is -2.29. The molecule has 0 aromatic heterocycles. The number of halogens is 1. The first-order valence-electron chi connectivity index (χ1n) is 5.99. The Hall–Kier alpha value is -1.10. The van der Waals surface area contributed by atoms with Crippen LogP contribution in [-0.2, 0) is 10.4 Å². The minimum atomic E-state index is -1.11. The number of rotatable bonds is 1. The maximum absolute atomic E-state index is 11.7. The average molecular weight is 269 g/mol. The summed E-state index contributed by atoms with van der Waals surface area (Å²) in [6, 6.07) is 5.28. The van der Waals surface area contributed by atoms with Crippen LogP contribution in [0.3, 0.4) is 0 Å². The van der Waals surface area contributed by atoms with Gasteiger partial charge < -0.3 is 15.7 Å². The van der Waals surface area contributed by atoms with Gasteiger partial charge in [0.15, 0.2) is 0 Å². The molecule has 0 saturated heterocycles. The molecule has 0 bridgehead atoms. The largest absolute Gasteiger partial charge is 0.384 e. The summed E-state index contributed by atoms with van der Waals surface area (Å²) in [6.45, 7) is 2.17. The normalized spacial score (nSPS) is 23.4. The van der Waals surface area contributed by atoms with Gasteiger partial charge in [-0.25, -0.2) is 0 Å². The van der Waals surface area contributed by atoms with Gasteiger partial charge in [0.1, 0.15) is 5.60 Å². The van der Waals surface area contributed by atoms with Gasteiger partial charge in [0.25, 0.3) is 0 Å². The van der Waals surface area contributed by atoms with Gasteiger partial charge in [-0.1, -0.05) is 23.7 Å². The molecule has 18 heavy (non-hydrogen) atoms. The van der Waals surface area contributed by atoms with E-state index in [2.05, 4.69) is 0 Å². The maximum Gasteiger partial charge on any atom is 0.223 e. The molecular weight excluding hydrogens is 252 g/mol. The molecule has 0 radical (unpaired) electrons. The molecule has 2 rings (SSSR count). The van der Waals surface area contributed by atoms with Crippen LogP contribution in [0.4, 0.5) is 5.69 Å². The molecule has 1 atom stereocenters. The lowest BCUT2D eigenvalue weighted by molar-refractivity contribution is -0.116. The van der Waals surface area contributed by atoms with Crippen molar-refractivity contribution in [1.82, 2.24) is 0 Å². The summed E-state index contributed by atoms with van der Waals surface area (Å²) in [4.78, 5) is 13.3. The number of anilines is 1. The van der Waals surface area contributed by atoms with E-state index >= 15 is 0 Å². The molecule has 0 saturated carbocycles. The summed E-state index contributed by atoms with van der Waals surface area (Å²) in [6.07, 6.45) is 1.22. The molecule has 4 nitrogen and oxygen atoms in total. The number of nitrogens with zero attached hydrogens (tertiary/aromatic N) is 1. The van der Waals surface area contributed by atoms with Crippen molar-refractivity contribution in [3.05, 3.63) is 28.8 Å². The molecule has 0 aliphatic carbocycles. The highest BCUT2D eigenvalue weighted by Crippen LogP contribution is 2.40. The SMILES string of the molecule is CC(=O)N1CCCC(O)(CN)c2cccc(Cl)c21. The number of hydrogen-bond donors (Lipinski definition) is 2. The summed E-state index contributed by atoms with van der Waals surface area (Å²) in [5.74, 6) is -0.0781. The van der Waals surface area contributed by atoms with Crippen LogP contribution >= 0.6 is 11.6 Å². The zero-order chi connectivity index (χ0) is 13.3. The van der Waals surface area contributed by atoms with Crippen LogP contribution in [0.25, 0.3) is 0 Å². The quantitative estimate of drug-likeness (QED) is 0.814. The number of hydrogen-bond acceptors (Lipinski definition) is 3. The molecule has 1 heterocycles. The van der Waals surface area contributed by atoms with E-state index in [4.69, 9.17) is 17.3 Å². The highest BCUT2D eigenvalue weighted by atomic mass is 35.5. The lowest BCUT2D eigenvalue weighted by Crippen LogP contribution is -2.35. The summed E-state index contributed by atoms with van der Waals surface area (Å²) in [5.41, 5.74) is 5.83.